The Labute approximate surface area is 156 Å². The Balaban J connectivity index is 1.69. The largest absolute Gasteiger partial charge is 0.337 e. The van der Waals surface area contributed by atoms with Gasteiger partial charge in [-0.25, -0.2) is 9.78 Å². The minimum absolute atomic E-state index is 0.131. The van der Waals surface area contributed by atoms with Crippen LogP contribution < -0.4 is 16.6 Å². The van der Waals surface area contributed by atoms with Gasteiger partial charge in [0.05, 0.1) is 5.39 Å². The van der Waals surface area contributed by atoms with Gasteiger partial charge in [-0.1, -0.05) is 0 Å². The Bertz CT molecular complexity index is 1040. The third-order valence-electron chi connectivity index (χ3n) is 6.27. The molecule has 1 N–H and O–H groups in total. The lowest BCUT2D eigenvalue weighted by molar-refractivity contribution is 0.0602. The van der Waals surface area contributed by atoms with Crippen molar-refractivity contribution >= 4 is 16.9 Å². The monoisotopic (exact) mass is 371 g/mol. The van der Waals surface area contributed by atoms with Crippen molar-refractivity contribution in [3.8, 4) is 0 Å². The minimum Gasteiger partial charge on any atom is -0.337 e. The maximum atomic E-state index is 13.0. The second-order valence-corrected chi connectivity index (χ2v) is 7.95. The van der Waals surface area contributed by atoms with Gasteiger partial charge in [0.15, 0.2) is 0 Å². The lowest BCUT2D eigenvalue weighted by Gasteiger charge is -2.38. The third-order valence-corrected chi connectivity index (χ3v) is 6.27. The summed E-state index contributed by atoms with van der Waals surface area (Å²) >= 11 is 0. The van der Waals surface area contributed by atoms with E-state index in [4.69, 9.17) is 0 Å². The summed E-state index contributed by atoms with van der Waals surface area (Å²) < 4.78 is 2.40. The number of rotatable bonds is 1. The molecule has 2 fully saturated rings. The summed E-state index contributed by atoms with van der Waals surface area (Å²) in [7, 11) is 3.02. The molecule has 8 heteroatoms. The van der Waals surface area contributed by atoms with Gasteiger partial charge < -0.3 is 10.2 Å². The van der Waals surface area contributed by atoms with E-state index in [0.29, 0.717) is 22.1 Å². The zero-order chi connectivity index (χ0) is 19.3. The smallest absolute Gasteiger partial charge is 0.332 e. The third kappa shape index (κ3) is 2.79. The molecule has 2 aromatic rings. The van der Waals surface area contributed by atoms with Crippen LogP contribution in [0.15, 0.2) is 15.7 Å². The van der Waals surface area contributed by atoms with Crippen LogP contribution >= 0.6 is 0 Å². The van der Waals surface area contributed by atoms with Crippen molar-refractivity contribution in [1.29, 1.82) is 0 Å². The molecule has 1 spiro atoms. The van der Waals surface area contributed by atoms with Crippen LogP contribution in [0, 0.1) is 12.3 Å². The Morgan fingerprint density at radius 3 is 2.48 bits per heavy atom. The van der Waals surface area contributed by atoms with Crippen molar-refractivity contribution in [3.63, 3.8) is 0 Å². The molecule has 0 bridgehead atoms. The van der Waals surface area contributed by atoms with Gasteiger partial charge in [0.1, 0.15) is 11.3 Å². The predicted molar refractivity (Wildman–Crippen MR) is 102 cm³/mol. The van der Waals surface area contributed by atoms with E-state index < -0.39 is 5.69 Å². The van der Waals surface area contributed by atoms with Gasteiger partial charge in [0.25, 0.3) is 11.5 Å². The van der Waals surface area contributed by atoms with Crippen molar-refractivity contribution in [2.75, 3.05) is 26.2 Å². The number of likely N-dealkylation sites (tertiary alicyclic amines) is 1. The molecule has 2 aliphatic rings. The summed E-state index contributed by atoms with van der Waals surface area (Å²) in [6, 6.07) is 1.66. The number of amides is 1. The minimum atomic E-state index is -0.447. The molecule has 144 valence electrons. The number of carbonyl (C=O) groups excluding carboxylic acids is 1. The molecule has 0 aromatic carbocycles. The van der Waals surface area contributed by atoms with E-state index in [-0.39, 0.29) is 17.1 Å². The van der Waals surface area contributed by atoms with Gasteiger partial charge in [-0.2, -0.15) is 0 Å². The number of aryl methyl sites for hydroxylation is 2. The predicted octanol–water partition coefficient (Wildman–Crippen LogP) is 0.156. The Kier molecular flexibility index (Phi) is 4.18. The molecule has 8 nitrogen and oxygen atoms in total. The number of nitrogens with zero attached hydrogens (tertiary/aromatic N) is 4. The maximum absolute atomic E-state index is 13.0. The number of piperidine rings is 1. The standard InChI is InChI=1S/C19H25N5O3/c1-12-10-13(21-15-14(12)17(26)23(3)18(27)22(15)2)16(25)24-8-5-19(6-9-24)4-7-20-11-19/h10,20H,4-9,11H2,1-3H3. The van der Waals surface area contributed by atoms with Crippen LogP contribution in [0.25, 0.3) is 11.0 Å². The molecule has 0 unspecified atom stereocenters. The van der Waals surface area contributed by atoms with Crippen molar-refractivity contribution < 1.29 is 4.79 Å². The topological polar surface area (TPSA) is 89.2 Å². The molecule has 2 aromatic heterocycles. The summed E-state index contributed by atoms with van der Waals surface area (Å²) in [5.41, 5.74) is 0.722. The fourth-order valence-electron chi connectivity index (χ4n) is 4.41. The lowest BCUT2D eigenvalue weighted by Crippen LogP contribution is -2.44. The number of nitrogens with one attached hydrogen (secondary N) is 1. The molecule has 4 rings (SSSR count). The van der Waals surface area contributed by atoms with Crippen LogP contribution in [0.4, 0.5) is 0 Å². The van der Waals surface area contributed by atoms with Crippen LogP contribution in [0.2, 0.25) is 0 Å². The number of pyridine rings is 1. The normalized spacial score (nSPS) is 19.1. The van der Waals surface area contributed by atoms with Crippen LogP contribution in [-0.4, -0.2) is 51.1 Å². The number of carbonyl (C=O) groups is 1. The summed E-state index contributed by atoms with van der Waals surface area (Å²) in [6.07, 6.45) is 3.17. The Morgan fingerprint density at radius 1 is 1.15 bits per heavy atom. The molecule has 2 saturated heterocycles. The molecular weight excluding hydrogens is 346 g/mol. The van der Waals surface area contributed by atoms with E-state index in [2.05, 4.69) is 10.3 Å². The van der Waals surface area contributed by atoms with Gasteiger partial charge >= 0.3 is 5.69 Å². The first-order valence-corrected chi connectivity index (χ1v) is 9.40. The van der Waals surface area contributed by atoms with Crippen LogP contribution in [0.3, 0.4) is 0 Å². The van der Waals surface area contributed by atoms with Gasteiger partial charge in [-0.15, -0.1) is 0 Å². The second-order valence-electron chi connectivity index (χ2n) is 7.95. The van der Waals surface area contributed by atoms with Gasteiger partial charge in [-0.3, -0.25) is 18.7 Å². The van der Waals surface area contributed by atoms with Crippen LogP contribution in [-0.2, 0) is 14.1 Å². The summed E-state index contributed by atoms with van der Waals surface area (Å²) in [4.78, 5) is 44.0. The van der Waals surface area contributed by atoms with E-state index in [0.717, 1.165) is 43.6 Å². The highest BCUT2D eigenvalue weighted by Gasteiger charge is 2.38. The summed E-state index contributed by atoms with van der Waals surface area (Å²) in [5, 5.41) is 3.81. The quantitative estimate of drug-likeness (QED) is 0.771. The summed E-state index contributed by atoms with van der Waals surface area (Å²) in [6.45, 7) is 5.31. The molecular formula is C19H25N5O3. The number of fused-ring (bicyclic) bond motifs is 1. The SMILES string of the molecule is Cc1cc(C(=O)N2CCC3(CCNC3)CC2)nc2c1c(=O)n(C)c(=O)n2C. The van der Waals surface area contributed by atoms with Crippen molar-refractivity contribution in [3.05, 3.63) is 38.2 Å². The molecule has 0 saturated carbocycles. The van der Waals surface area contributed by atoms with E-state index in [1.54, 1.807) is 20.0 Å². The van der Waals surface area contributed by atoms with Crippen molar-refractivity contribution in [1.82, 2.24) is 24.3 Å². The fraction of sp³-hybridized carbons (Fsp3) is 0.579. The number of hydrogen-bond donors (Lipinski definition) is 1. The van der Waals surface area contributed by atoms with Gasteiger partial charge in [0.2, 0.25) is 0 Å². The average molecular weight is 371 g/mol. The molecule has 2 aliphatic heterocycles. The zero-order valence-corrected chi connectivity index (χ0v) is 16.0. The Hall–Kier alpha value is -2.48. The molecule has 4 heterocycles. The van der Waals surface area contributed by atoms with E-state index in [9.17, 15) is 14.4 Å². The zero-order valence-electron chi connectivity index (χ0n) is 16.0. The first kappa shape index (κ1) is 17.9. The lowest BCUT2D eigenvalue weighted by atomic mass is 9.78. The van der Waals surface area contributed by atoms with E-state index in [1.165, 1.54) is 18.0 Å². The number of hydrogen-bond acceptors (Lipinski definition) is 5. The summed E-state index contributed by atoms with van der Waals surface area (Å²) in [5.74, 6) is -0.131. The average Bonchev–Trinajstić information content (AvgIpc) is 3.12. The molecule has 0 atom stereocenters. The van der Waals surface area contributed by atoms with Gasteiger partial charge in [0, 0.05) is 33.7 Å². The molecule has 1 amide bonds. The van der Waals surface area contributed by atoms with Crippen molar-refractivity contribution in [2.45, 2.75) is 26.2 Å². The molecule has 0 aliphatic carbocycles. The number of aromatic nitrogens is 3. The Morgan fingerprint density at radius 2 is 1.85 bits per heavy atom. The van der Waals surface area contributed by atoms with Gasteiger partial charge in [-0.05, 0) is 49.8 Å². The molecule has 27 heavy (non-hydrogen) atoms. The highest BCUT2D eigenvalue weighted by atomic mass is 16.2. The maximum Gasteiger partial charge on any atom is 0.332 e. The highest BCUT2D eigenvalue weighted by Crippen LogP contribution is 2.37. The van der Waals surface area contributed by atoms with E-state index in [1.807, 2.05) is 4.90 Å². The highest BCUT2D eigenvalue weighted by molar-refractivity contribution is 5.95. The van der Waals surface area contributed by atoms with Crippen molar-refractivity contribution in [2.24, 2.45) is 19.5 Å². The second kappa shape index (κ2) is 6.30. The first-order valence-electron chi connectivity index (χ1n) is 9.40. The first-order chi connectivity index (χ1) is 12.8. The van der Waals surface area contributed by atoms with E-state index >= 15 is 0 Å². The molecule has 0 radical (unpaired) electrons. The van der Waals surface area contributed by atoms with Crippen LogP contribution in [0.1, 0.15) is 35.3 Å². The fourth-order valence-corrected chi connectivity index (χ4v) is 4.41. The van der Waals surface area contributed by atoms with Crippen LogP contribution in [0.5, 0.6) is 0 Å².